The summed E-state index contributed by atoms with van der Waals surface area (Å²) in [5, 5.41) is 19.4. The molecule has 0 saturated carbocycles. The van der Waals surface area contributed by atoms with E-state index in [1.165, 1.54) is 108 Å². The molecule has 0 fully saturated rings. The van der Waals surface area contributed by atoms with Crippen molar-refractivity contribution >= 4 is 48.9 Å². The lowest BCUT2D eigenvalue weighted by molar-refractivity contribution is 0.632. The van der Waals surface area contributed by atoms with Crippen molar-refractivity contribution in [2.45, 2.75) is 177 Å². The average molecular weight is 1210 g/mol. The SMILES string of the molecule is CC(C)c1cccc2c1CCCN2.CC(C)c1cccc2c1CCNC2.CC(C)c1cccc2c1CNCC2.CC(C)c1cccc2ccccc12.CC(C)c1ccnc2ccccc12.CC(C)c1cncc2ccccc12.CC(C)c1nccc2ccccc12. The Labute approximate surface area is 547 Å². The molecule has 3 aliphatic heterocycles. The van der Waals surface area contributed by atoms with Gasteiger partial charge in [-0.25, -0.2) is 0 Å². The first kappa shape index (κ1) is 68.9. The Bertz CT molecular complexity index is 3530. The second kappa shape index (κ2) is 34.4. The van der Waals surface area contributed by atoms with Gasteiger partial charge >= 0.3 is 0 Å². The highest BCUT2D eigenvalue weighted by Gasteiger charge is 2.17. The first-order chi connectivity index (χ1) is 44.0. The number of fused-ring (bicyclic) bond motifs is 7. The summed E-state index contributed by atoms with van der Waals surface area (Å²) in [6.07, 6.45) is 12.6. The van der Waals surface area contributed by atoms with E-state index in [1.54, 1.807) is 27.8 Å². The van der Waals surface area contributed by atoms with Crippen LogP contribution in [0.3, 0.4) is 0 Å². The molecular weight excluding hydrogens is 1100 g/mol. The van der Waals surface area contributed by atoms with Gasteiger partial charge in [0.1, 0.15) is 0 Å². The molecule has 91 heavy (non-hydrogen) atoms. The number of para-hydroxylation sites is 1. The van der Waals surface area contributed by atoms with Gasteiger partial charge in [0.05, 0.1) is 11.2 Å². The Balaban J connectivity index is 0.000000137. The highest BCUT2D eigenvalue weighted by molar-refractivity contribution is 5.87. The Hall–Kier alpha value is -8.03. The third-order valence-corrected chi connectivity index (χ3v) is 17.7. The van der Waals surface area contributed by atoms with Crippen molar-refractivity contribution in [3.05, 3.63) is 274 Å². The lowest BCUT2D eigenvalue weighted by Crippen LogP contribution is -2.24. The lowest BCUT2D eigenvalue weighted by Gasteiger charge is -2.22. The smallest absolute Gasteiger partial charge is 0.0704 e. The number of hydrogen-bond acceptors (Lipinski definition) is 6. The Morgan fingerprint density at radius 3 is 1.46 bits per heavy atom. The van der Waals surface area contributed by atoms with E-state index in [4.69, 9.17) is 0 Å². The van der Waals surface area contributed by atoms with Crippen molar-refractivity contribution < 1.29 is 0 Å². The minimum absolute atomic E-state index is 0.492. The summed E-state index contributed by atoms with van der Waals surface area (Å²) in [6, 6.07) is 64.3. The van der Waals surface area contributed by atoms with Gasteiger partial charge in [0.25, 0.3) is 0 Å². The molecule has 8 aromatic carbocycles. The second-order valence-corrected chi connectivity index (χ2v) is 26.7. The minimum Gasteiger partial charge on any atom is -0.385 e. The summed E-state index contributed by atoms with van der Waals surface area (Å²) in [7, 11) is 0. The van der Waals surface area contributed by atoms with Crippen LogP contribution in [0.25, 0.3) is 43.2 Å². The molecule has 0 bridgehead atoms. The number of anilines is 1. The van der Waals surface area contributed by atoms with Crippen molar-refractivity contribution in [1.29, 1.82) is 0 Å². The van der Waals surface area contributed by atoms with Crippen LogP contribution in [-0.4, -0.2) is 34.6 Å². The third kappa shape index (κ3) is 18.8. The molecule has 474 valence electrons. The molecule has 0 radical (unpaired) electrons. The van der Waals surface area contributed by atoms with Gasteiger partial charge in [-0.2, -0.15) is 0 Å². The van der Waals surface area contributed by atoms with Crippen LogP contribution in [0.2, 0.25) is 0 Å². The van der Waals surface area contributed by atoms with E-state index >= 15 is 0 Å². The molecule has 6 heteroatoms. The monoisotopic (exact) mass is 1210 g/mol. The van der Waals surface area contributed by atoms with Crippen LogP contribution >= 0.6 is 0 Å². The van der Waals surface area contributed by atoms with Crippen molar-refractivity contribution in [3.8, 4) is 0 Å². The molecule has 0 atom stereocenters. The van der Waals surface area contributed by atoms with Crippen molar-refractivity contribution in [2.24, 2.45) is 0 Å². The summed E-state index contributed by atoms with van der Waals surface area (Å²) < 4.78 is 0. The van der Waals surface area contributed by atoms with Gasteiger partial charge in [0, 0.05) is 66.3 Å². The number of pyridine rings is 3. The largest absolute Gasteiger partial charge is 0.385 e. The summed E-state index contributed by atoms with van der Waals surface area (Å²) in [6.45, 7) is 36.8. The molecule has 0 unspecified atom stereocenters. The molecule has 6 nitrogen and oxygen atoms in total. The second-order valence-electron chi connectivity index (χ2n) is 26.7. The fourth-order valence-corrected chi connectivity index (χ4v) is 12.8. The maximum absolute atomic E-state index is 4.41. The van der Waals surface area contributed by atoms with Gasteiger partial charge < -0.3 is 16.0 Å². The van der Waals surface area contributed by atoms with E-state index in [-0.39, 0.29) is 0 Å². The van der Waals surface area contributed by atoms with Crippen LogP contribution in [0.4, 0.5) is 5.69 Å². The number of benzene rings is 8. The average Bonchev–Trinajstić information content (AvgIpc) is 3.67. The molecule has 3 aliphatic rings. The van der Waals surface area contributed by atoms with E-state index in [2.05, 4.69) is 298 Å². The summed E-state index contributed by atoms with van der Waals surface area (Å²) in [5.74, 6) is 4.15. The Kier molecular flexibility index (Phi) is 26.0. The fraction of sp³-hybridized carbons (Fsp3) is 0.353. The highest BCUT2D eigenvalue weighted by atomic mass is 14.9. The molecule has 11 aromatic rings. The number of nitrogens with one attached hydrogen (secondary N) is 3. The number of aromatic nitrogens is 3. The van der Waals surface area contributed by atoms with Crippen LogP contribution in [0.15, 0.2) is 207 Å². The predicted octanol–water partition coefficient (Wildman–Crippen LogP) is 22.1. The Morgan fingerprint density at radius 2 is 0.802 bits per heavy atom. The molecule has 0 amide bonds. The minimum atomic E-state index is 0.492. The molecule has 14 rings (SSSR count). The van der Waals surface area contributed by atoms with Crippen LogP contribution in [0, 0.1) is 0 Å². The van der Waals surface area contributed by atoms with Crippen molar-refractivity contribution in [2.75, 3.05) is 25.0 Å². The summed E-state index contributed by atoms with van der Waals surface area (Å²) >= 11 is 0. The zero-order chi connectivity index (χ0) is 64.8. The molecule has 3 aromatic heterocycles. The highest BCUT2D eigenvalue weighted by Crippen LogP contribution is 2.32. The zero-order valence-corrected chi connectivity index (χ0v) is 57.4. The van der Waals surface area contributed by atoms with Crippen LogP contribution in [0.5, 0.6) is 0 Å². The van der Waals surface area contributed by atoms with Crippen LogP contribution in [0.1, 0.15) is 212 Å². The number of nitrogens with zero attached hydrogens (tertiary/aromatic N) is 3. The Morgan fingerprint density at radius 1 is 0.319 bits per heavy atom. The van der Waals surface area contributed by atoms with Gasteiger partial charge in [-0.1, -0.05) is 255 Å². The first-order valence-corrected chi connectivity index (χ1v) is 34.0. The molecule has 0 saturated heterocycles. The zero-order valence-electron chi connectivity index (χ0n) is 57.4. The van der Waals surface area contributed by atoms with Crippen LogP contribution < -0.4 is 16.0 Å². The summed E-state index contributed by atoms with van der Waals surface area (Å²) in [5.41, 5.74) is 20.1. The molecule has 0 spiro atoms. The quantitative estimate of drug-likeness (QED) is 0.148. The van der Waals surface area contributed by atoms with Crippen molar-refractivity contribution in [1.82, 2.24) is 25.6 Å². The first-order valence-electron chi connectivity index (χ1n) is 34.0. The van der Waals surface area contributed by atoms with E-state index in [1.807, 2.05) is 36.9 Å². The van der Waals surface area contributed by atoms with E-state index < -0.39 is 0 Å². The van der Waals surface area contributed by atoms with E-state index in [0.717, 1.165) is 38.2 Å². The standard InChI is InChI=1S/C13H14.3C12H17N.3C12H13N/c1-10(2)12-9-5-7-11-6-3-4-8-13(11)12;1-9(2)10-5-3-7-12-11(10)6-4-8-13-12;1-9(2)11-5-3-4-10-8-13-7-6-12(10)11;1-9(2)11-5-3-4-10-6-7-13-8-12(10)11;1-9(2)12-8-13-7-10-5-3-4-6-11(10)12;1-9(2)10-7-8-13-12-6-4-3-5-11(10)12;1-9(2)12-11-6-4-3-5-10(11)7-8-13-12/h3-10H,1-2H3;3,5,7,9,13H,4,6,8H2,1-2H3;2*3-5,9,13H,6-8H2,1-2H3;3*3-9H,1-2H3. The molecule has 6 heterocycles. The van der Waals surface area contributed by atoms with Gasteiger partial charge in [-0.3, -0.25) is 15.0 Å². The number of rotatable bonds is 7. The molecule has 0 aliphatic carbocycles. The third-order valence-electron chi connectivity index (χ3n) is 17.7. The van der Waals surface area contributed by atoms with E-state index in [0.29, 0.717) is 41.4 Å². The van der Waals surface area contributed by atoms with Crippen LogP contribution in [-0.2, 0) is 32.4 Å². The van der Waals surface area contributed by atoms with Crippen molar-refractivity contribution in [3.63, 3.8) is 0 Å². The summed E-state index contributed by atoms with van der Waals surface area (Å²) in [4.78, 5) is 13.0. The predicted molar refractivity (Wildman–Crippen MR) is 395 cm³/mol. The topological polar surface area (TPSA) is 74.8 Å². The van der Waals surface area contributed by atoms with Gasteiger partial charge in [0.2, 0.25) is 0 Å². The molecule has 3 N–H and O–H groups in total. The maximum atomic E-state index is 4.41. The maximum Gasteiger partial charge on any atom is 0.0704 e. The van der Waals surface area contributed by atoms with Gasteiger partial charge in [-0.05, 0) is 187 Å². The molecular formula is C85H104N6. The lowest BCUT2D eigenvalue weighted by atomic mass is 9.90. The van der Waals surface area contributed by atoms with E-state index in [9.17, 15) is 0 Å². The normalized spacial score (nSPS) is 13.0. The van der Waals surface area contributed by atoms with Gasteiger partial charge in [0.15, 0.2) is 0 Å². The number of hydrogen-bond donors (Lipinski definition) is 3. The van der Waals surface area contributed by atoms with Gasteiger partial charge in [-0.15, -0.1) is 0 Å². The fourth-order valence-electron chi connectivity index (χ4n) is 12.8.